The first kappa shape index (κ1) is 7.78. The van der Waals surface area contributed by atoms with Crippen molar-refractivity contribution in [3.63, 3.8) is 0 Å². The van der Waals surface area contributed by atoms with Crippen LogP contribution in [0.4, 0.5) is 0 Å². The van der Waals surface area contributed by atoms with E-state index in [1.165, 1.54) is 0 Å². The van der Waals surface area contributed by atoms with Crippen LogP contribution < -0.4 is 5.32 Å². The molecule has 0 aromatic rings. The van der Waals surface area contributed by atoms with Gasteiger partial charge in [0, 0.05) is 0 Å². The van der Waals surface area contributed by atoms with E-state index in [1.807, 2.05) is 0 Å². The highest BCUT2D eigenvalue weighted by atomic mass is 16.4. The summed E-state index contributed by atoms with van der Waals surface area (Å²) >= 11 is 0. The minimum atomic E-state index is -0.976. The molecule has 0 aromatic heterocycles. The molecule has 0 unspecified atom stereocenters. The molecular weight excluding hydrogens is 146 g/mol. The van der Waals surface area contributed by atoms with Crippen molar-refractivity contribution in [2.75, 3.05) is 0 Å². The fourth-order valence-electron chi connectivity index (χ4n) is 1.07. The summed E-state index contributed by atoms with van der Waals surface area (Å²) in [7, 11) is 0. The second kappa shape index (κ2) is 2.74. The first-order valence-electron chi connectivity index (χ1n) is 3.31. The Balaban J connectivity index is 2.54. The summed E-state index contributed by atoms with van der Waals surface area (Å²) in [5.74, 6) is -1.58. The Hall–Kier alpha value is -1.32. The zero-order chi connectivity index (χ0) is 8.43. The van der Waals surface area contributed by atoms with Crippen molar-refractivity contribution in [2.45, 2.75) is 12.5 Å². The number of carbonyl (C=O) groups excluding carboxylic acids is 1. The highest BCUT2D eigenvalue weighted by Gasteiger charge is 2.42. The van der Waals surface area contributed by atoms with Gasteiger partial charge in [0.15, 0.2) is 0 Å². The van der Waals surface area contributed by atoms with Gasteiger partial charge in [0.05, 0.1) is 5.92 Å². The molecule has 0 aromatic carbocycles. The SMILES string of the molecule is C=CC[C@H]1C(=O)N[C@@H]1C(=O)O. The molecule has 0 spiro atoms. The van der Waals surface area contributed by atoms with Gasteiger partial charge in [-0.25, -0.2) is 4.79 Å². The summed E-state index contributed by atoms with van der Waals surface area (Å²) in [6, 6.07) is -0.708. The van der Waals surface area contributed by atoms with E-state index in [0.29, 0.717) is 6.42 Å². The molecule has 1 aliphatic heterocycles. The minimum absolute atomic E-state index is 0.197. The third-order valence-corrected chi connectivity index (χ3v) is 1.72. The molecule has 0 aliphatic carbocycles. The topological polar surface area (TPSA) is 66.4 Å². The monoisotopic (exact) mass is 155 g/mol. The molecule has 0 bridgehead atoms. The van der Waals surface area contributed by atoms with Crippen molar-refractivity contribution in [3.8, 4) is 0 Å². The molecule has 2 N–H and O–H groups in total. The van der Waals surface area contributed by atoms with Crippen molar-refractivity contribution in [1.29, 1.82) is 0 Å². The van der Waals surface area contributed by atoms with Gasteiger partial charge in [-0.05, 0) is 6.42 Å². The summed E-state index contributed by atoms with van der Waals surface area (Å²) in [4.78, 5) is 21.1. The zero-order valence-corrected chi connectivity index (χ0v) is 5.91. The molecule has 1 aliphatic rings. The van der Waals surface area contributed by atoms with Crippen LogP contribution in [0, 0.1) is 5.92 Å². The average Bonchev–Trinajstić information content (AvgIpc) is 1.95. The number of rotatable bonds is 3. The number of carboxylic acids is 1. The first-order valence-corrected chi connectivity index (χ1v) is 3.31. The minimum Gasteiger partial charge on any atom is -0.480 e. The molecule has 1 heterocycles. The highest BCUT2D eigenvalue weighted by molar-refractivity contribution is 5.96. The van der Waals surface area contributed by atoms with Crippen LogP contribution in [0.1, 0.15) is 6.42 Å². The van der Waals surface area contributed by atoms with Crippen LogP contribution in [0.25, 0.3) is 0 Å². The predicted octanol–water partition coefficient (Wildman–Crippen LogP) is -0.238. The van der Waals surface area contributed by atoms with Gasteiger partial charge in [-0.2, -0.15) is 0 Å². The molecule has 1 saturated heterocycles. The van der Waals surface area contributed by atoms with Crippen molar-refractivity contribution in [2.24, 2.45) is 5.92 Å². The third kappa shape index (κ3) is 1.24. The van der Waals surface area contributed by atoms with Gasteiger partial charge in [0.2, 0.25) is 5.91 Å². The zero-order valence-electron chi connectivity index (χ0n) is 5.91. The summed E-state index contributed by atoms with van der Waals surface area (Å²) in [6.45, 7) is 3.44. The van der Waals surface area contributed by atoms with E-state index >= 15 is 0 Å². The lowest BCUT2D eigenvalue weighted by Gasteiger charge is -2.32. The number of allylic oxidation sites excluding steroid dienone is 1. The van der Waals surface area contributed by atoms with Gasteiger partial charge in [-0.1, -0.05) is 6.08 Å². The molecule has 11 heavy (non-hydrogen) atoms. The Kier molecular flexibility index (Phi) is 1.94. The van der Waals surface area contributed by atoms with Crippen LogP contribution in [0.5, 0.6) is 0 Å². The molecule has 2 atom stereocenters. The largest absolute Gasteiger partial charge is 0.480 e. The van der Waals surface area contributed by atoms with E-state index in [-0.39, 0.29) is 5.91 Å². The number of β-lactam (4-membered cyclic amide) rings is 1. The predicted molar refractivity (Wildman–Crippen MR) is 37.9 cm³/mol. The molecule has 1 amide bonds. The Morgan fingerprint density at radius 3 is 2.82 bits per heavy atom. The van der Waals surface area contributed by atoms with E-state index < -0.39 is 17.9 Å². The number of carboxylic acid groups (broad SMARTS) is 1. The van der Waals surface area contributed by atoms with E-state index in [4.69, 9.17) is 5.11 Å². The van der Waals surface area contributed by atoms with Gasteiger partial charge in [0.1, 0.15) is 6.04 Å². The lowest BCUT2D eigenvalue weighted by Crippen LogP contribution is -2.61. The summed E-state index contributed by atoms with van der Waals surface area (Å²) in [6.07, 6.45) is 1.99. The van der Waals surface area contributed by atoms with Crippen molar-refractivity contribution >= 4 is 11.9 Å². The average molecular weight is 155 g/mol. The van der Waals surface area contributed by atoms with Gasteiger partial charge in [-0.15, -0.1) is 6.58 Å². The van der Waals surface area contributed by atoms with E-state index in [9.17, 15) is 9.59 Å². The lowest BCUT2D eigenvalue weighted by molar-refractivity contribution is -0.152. The Labute approximate surface area is 63.9 Å². The van der Waals surface area contributed by atoms with E-state index in [1.54, 1.807) is 6.08 Å². The maximum atomic E-state index is 10.7. The van der Waals surface area contributed by atoms with Gasteiger partial charge in [-0.3, -0.25) is 4.79 Å². The van der Waals surface area contributed by atoms with Crippen LogP contribution in [0.2, 0.25) is 0 Å². The maximum Gasteiger partial charge on any atom is 0.327 e. The van der Waals surface area contributed by atoms with E-state index in [2.05, 4.69) is 11.9 Å². The van der Waals surface area contributed by atoms with E-state index in [0.717, 1.165) is 0 Å². The van der Waals surface area contributed by atoms with Crippen LogP contribution in [0.15, 0.2) is 12.7 Å². The van der Waals surface area contributed by atoms with Crippen LogP contribution >= 0.6 is 0 Å². The number of hydrogen-bond donors (Lipinski definition) is 2. The summed E-state index contributed by atoms with van der Waals surface area (Å²) < 4.78 is 0. The van der Waals surface area contributed by atoms with Crippen LogP contribution in [-0.4, -0.2) is 23.0 Å². The normalized spacial score (nSPS) is 28.5. The van der Waals surface area contributed by atoms with Gasteiger partial charge >= 0.3 is 5.97 Å². The summed E-state index contributed by atoms with van der Waals surface area (Å²) in [5, 5.41) is 10.8. The third-order valence-electron chi connectivity index (χ3n) is 1.72. The molecule has 1 fully saturated rings. The second-order valence-electron chi connectivity index (χ2n) is 2.46. The van der Waals surface area contributed by atoms with Gasteiger partial charge < -0.3 is 10.4 Å². The first-order chi connectivity index (χ1) is 5.16. The molecular formula is C7H9NO3. The number of amides is 1. The lowest BCUT2D eigenvalue weighted by atomic mass is 9.88. The Bertz CT molecular complexity index is 212. The highest BCUT2D eigenvalue weighted by Crippen LogP contribution is 2.19. The fraction of sp³-hybridized carbons (Fsp3) is 0.429. The van der Waals surface area contributed by atoms with Gasteiger partial charge in [0.25, 0.3) is 0 Å². The number of aliphatic carboxylic acids is 1. The quantitative estimate of drug-likeness (QED) is 0.436. The number of carbonyl (C=O) groups is 2. The van der Waals surface area contributed by atoms with Crippen LogP contribution in [-0.2, 0) is 9.59 Å². The second-order valence-corrected chi connectivity index (χ2v) is 2.46. The van der Waals surface area contributed by atoms with Crippen LogP contribution in [0.3, 0.4) is 0 Å². The molecule has 0 radical (unpaired) electrons. The van der Waals surface area contributed by atoms with Crippen molar-refractivity contribution in [3.05, 3.63) is 12.7 Å². The molecule has 0 saturated carbocycles. The molecule has 4 nitrogen and oxygen atoms in total. The maximum absolute atomic E-state index is 10.7. The smallest absolute Gasteiger partial charge is 0.327 e. The Morgan fingerprint density at radius 1 is 1.82 bits per heavy atom. The fourth-order valence-corrected chi connectivity index (χ4v) is 1.07. The standard InChI is InChI=1S/C7H9NO3/c1-2-3-4-5(7(10)11)8-6(4)9/h2,4-5H,1,3H2,(H,8,9)(H,10,11)/t4-,5+/m1/s1. The number of hydrogen-bond acceptors (Lipinski definition) is 2. The Morgan fingerprint density at radius 2 is 2.45 bits per heavy atom. The summed E-state index contributed by atoms with van der Waals surface area (Å²) in [5.41, 5.74) is 0. The van der Waals surface area contributed by atoms with Crippen molar-refractivity contribution < 1.29 is 14.7 Å². The molecule has 4 heteroatoms. The number of nitrogens with one attached hydrogen (secondary N) is 1. The molecule has 1 rings (SSSR count). The van der Waals surface area contributed by atoms with Crippen molar-refractivity contribution in [1.82, 2.24) is 5.32 Å². The molecule has 60 valence electrons.